The molecule has 1 aromatic carbocycles. The number of rotatable bonds is 4. The number of fused-ring (bicyclic) bond motifs is 1. The van der Waals surface area contributed by atoms with E-state index in [1.807, 2.05) is 6.07 Å². The van der Waals surface area contributed by atoms with E-state index in [1.165, 1.54) is 4.90 Å². The lowest BCUT2D eigenvalue weighted by Crippen LogP contribution is -2.42. The summed E-state index contributed by atoms with van der Waals surface area (Å²) in [6.45, 7) is 3.26. The van der Waals surface area contributed by atoms with E-state index in [2.05, 4.69) is 6.92 Å². The van der Waals surface area contributed by atoms with Crippen LogP contribution in [-0.2, 0) is 19.1 Å². The second-order valence-corrected chi connectivity index (χ2v) is 6.79. The minimum absolute atomic E-state index is 0.184. The van der Waals surface area contributed by atoms with Gasteiger partial charge in [0.25, 0.3) is 5.91 Å². The van der Waals surface area contributed by atoms with Gasteiger partial charge < -0.3 is 14.4 Å². The van der Waals surface area contributed by atoms with Gasteiger partial charge in [0.05, 0.1) is 18.7 Å². The molecular formula is C19H24N2O5. The molecule has 2 aliphatic rings. The number of nitrogens with zero attached hydrogens (tertiary/aromatic N) is 2. The van der Waals surface area contributed by atoms with Gasteiger partial charge in [-0.3, -0.25) is 19.3 Å². The van der Waals surface area contributed by atoms with Crippen LogP contribution in [0.25, 0.3) is 0 Å². The quantitative estimate of drug-likeness (QED) is 0.763. The molecule has 2 amide bonds. The summed E-state index contributed by atoms with van der Waals surface area (Å²) in [7, 11) is 0. The van der Waals surface area contributed by atoms with E-state index in [4.69, 9.17) is 9.47 Å². The van der Waals surface area contributed by atoms with Crippen molar-refractivity contribution in [3.8, 4) is 5.75 Å². The maximum Gasteiger partial charge on any atom is 0.326 e. The Balaban J connectivity index is 1.57. The molecule has 1 fully saturated rings. The summed E-state index contributed by atoms with van der Waals surface area (Å²) >= 11 is 0. The van der Waals surface area contributed by atoms with Gasteiger partial charge in [0, 0.05) is 13.1 Å². The second kappa shape index (κ2) is 8.21. The molecule has 1 atom stereocenters. The number of likely N-dealkylation sites (tertiary alicyclic amines) is 1. The highest BCUT2D eigenvalue weighted by molar-refractivity contribution is 5.99. The zero-order chi connectivity index (χ0) is 18.5. The Kier molecular flexibility index (Phi) is 5.75. The molecule has 0 aromatic heterocycles. The molecule has 2 heterocycles. The largest absolute Gasteiger partial charge is 0.491 e. The summed E-state index contributed by atoms with van der Waals surface area (Å²) < 4.78 is 10.7. The predicted octanol–water partition coefficient (Wildman–Crippen LogP) is 1.60. The minimum atomic E-state index is -0.603. The molecule has 0 radical (unpaired) electrons. The highest BCUT2D eigenvalue weighted by Crippen LogP contribution is 2.30. The fourth-order valence-corrected chi connectivity index (χ4v) is 3.32. The van der Waals surface area contributed by atoms with Crippen LogP contribution in [0.15, 0.2) is 24.3 Å². The van der Waals surface area contributed by atoms with E-state index in [0.29, 0.717) is 30.4 Å². The lowest BCUT2D eigenvalue weighted by atomic mass is 10.0. The maximum atomic E-state index is 12.3. The average molecular weight is 360 g/mol. The number of benzene rings is 1. The van der Waals surface area contributed by atoms with Crippen LogP contribution in [0, 0.1) is 5.92 Å². The minimum Gasteiger partial charge on any atom is -0.491 e. The molecule has 0 spiro atoms. The van der Waals surface area contributed by atoms with Crippen molar-refractivity contribution in [2.75, 3.05) is 37.7 Å². The fourth-order valence-electron chi connectivity index (χ4n) is 3.32. The van der Waals surface area contributed by atoms with Gasteiger partial charge in [0.15, 0.2) is 6.61 Å². The lowest BCUT2D eigenvalue weighted by Gasteiger charge is -2.30. The van der Waals surface area contributed by atoms with Gasteiger partial charge in [0.2, 0.25) is 5.91 Å². The SMILES string of the molecule is C[C@H]1CCCN(C(=O)COC(=O)CN2C(=O)CCOc3ccccc32)C1. The first-order chi connectivity index (χ1) is 12.5. The van der Waals surface area contributed by atoms with Crippen molar-refractivity contribution in [1.82, 2.24) is 4.90 Å². The summed E-state index contributed by atoms with van der Waals surface area (Å²) in [5.74, 6) is 0.0338. The molecule has 0 unspecified atom stereocenters. The van der Waals surface area contributed by atoms with Crippen molar-refractivity contribution >= 4 is 23.5 Å². The van der Waals surface area contributed by atoms with E-state index in [-0.39, 0.29) is 38.0 Å². The topological polar surface area (TPSA) is 76.2 Å². The summed E-state index contributed by atoms with van der Waals surface area (Å²) in [6, 6.07) is 7.07. The van der Waals surface area contributed by atoms with Crippen LogP contribution in [0.4, 0.5) is 5.69 Å². The van der Waals surface area contributed by atoms with E-state index in [9.17, 15) is 14.4 Å². The third-order valence-corrected chi connectivity index (χ3v) is 4.68. The second-order valence-electron chi connectivity index (χ2n) is 6.79. The van der Waals surface area contributed by atoms with Crippen LogP contribution in [0.3, 0.4) is 0 Å². The Morgan fingerprint density at radius 1 is 1.31 bits per heavy atom. The summed E-state index contributed by atoms with van der Waals surface area (Å²) in [6.07, 6.45) is 2.27. The fraction of sp³-hybridized carbons (Fsp3) is 0.526. The molecule has 1 aromatic rings. The van der Waals surface area contributed by atoms with E-state index < -0.39 is 5.97 Å². The Hall–Kier alpha value is -2.57. The molecule has 3 rings (SSSR count). The normalized spacial score (nSPS) is 20.0. The number of amides is 2. The number of esters is 1. The number of piperidine rings is 1. The lowest BCUT2D eigenvalue weighted by molar-refractivity contribution is -0.151. The number of carbonyl (C=O) groups excluding carboxylic acids is 3. The first kappa shape index (κ1) is 18.2. The number of ether oxygens (including phenoxy) is 2. The van der Waals surface area contributed by atoms with E-state index in [0.717, 1.165) is 12.8 Å². The molecule has 26 heavy (non-hydrogen) atoms. The van der Waals surface area contributed by atoms with Gasteiger partial charge in [-0.2, -0.15) is 0 Å². The van der Waals surface area contributed by atoms with E-state index >= 15 is 0 Å². The molecule has 0 saturated carbocycles. The molecule has 0 aliphatic carbocycles. The van der Waals surface area contributed by atoms with Gasteiger partial charge in [0.1, 0.15) is 12.3 Å². The molecule has 0 bridgehead atoms. The van der Waals surface area contributed by atoms with Crippen LogP contribution >= 0.6 is 0 Å². The summed E-state index contributed by atoms with van der Waals surface area (Å²) in [4.78, 5) is 39.8. The maximum absolute atomic E-state index is 12.3. The predicted molar refractivity (Wildman–Crippen MR) is 94.8 cm³/mol. The molecule has 1 saturated heterocycles. The monoisotopic (exact) mass is 360 g/mol. The number of hydrogen-bond donors (Lipinski definition) is 0. The van der Waals surface area contributed by atoms with Gasteiger partial charge in [-0.15, -0.1) is 0 Å². The van der Waals surface area contributed by atoms with Gasteiger partial charge in [-0.1, -0.05) is 19.1 Å². The van der Waals surface area contributed by atoms with E-state index in [1.54, 1.807) is 23.1 Å². The number of hydrogen-bond acceptors (Lipinski definition) is 5. The molecule has 7 nitrogen and oxygen atoms in total. The Bertz CT molecular complexity index is 690. The van der Waals surface area contributed by atoms with Crippen molar-refractivity contribution in [1.29, 1.82) is 0 Å². The van der Waals surface area contributed by atoms with Crippen LogP contribution in [0.1, 0.15) is 26.2 Å². The van der Waals surface area contributed by atoms with Crippen LogP contribution in [-0.4, -0.2) is 55.5 Å². The molecule has 140 valence electrons. The zero-order valence-electron chi connectivity index (χ0n) is 15.0. The molecule has 0 N–H and O–H groups in total. The highest BCUT2D eigenvalue weighted by atomic mass is 16.5. The van der Waals surface area contributed by atoms with Gasteiger partial charge in [-0.05, 0) is 30.9 Å². The first-order valence-corrected chi connectivity index (χ1v) is 9.00. The third-order valence-electron chi connectivity index (χ3n) is 4.68. The Morgan fingerprint density at radius 2 is 2.12 bits per heavy atom. The van der Waals surface area contributed by atoms with Crippen molar-refractivity contribution in [2.45, 2.75) is 26.2 Å². The van der Waals surface area contributed by atoms with Gasteiger partial charge in [-0.25, -0.2) is 0 Å². The summed E-state index contributed by atoms with van der Waals surface area (Å²) in [5, 5.41) is 0. The van der Waals surface area contributed by atoms with Crippen molar-refractivity contribution < 1.29 is 23.9 Å². The zero-order valence-corrected chi connectivity index (χ0v) is 15.0. The average Bonchev–Trinajstić information content (AvgIpc) is 2.79. The number of carbonyl (C=O) groups is 3. The van der Waals surface area contributed by atoms with Crippen LogP contribution < -0.4 is 9.64 Å². The smallest absolute Gasteiger partial charge is 0.326 e. The molecular weight excluding hydrogens is 336 g/mol. The first-order valence-electron chi connectivity index (χ1n) is 9.00. The Labute approximate surface area is 152 Å². The van der Waals surface area contributed by atoms with Gasteiger partial charge >= 0.3 is 5.97 Å². The number of para-hydroxylation sites is 2. The van der Waals surface area contributed by atoms with Crippen LogP contribution in [0.2, 0.25) is 0 Å². The molecule has 7 heteroatoms. The Morgan fingerprint density at radius 3 is 2.92 bits per heavy atom. The van der Waals surface area contributed by atoms with Crippen molar-refractivity contribution in [2.24, 2.45) is 5.92 Å². The standard InChI is InChI=1S/C19H24N2O5/c1-14-5-4-9-20(11-14)18(23)13-26-19(24)12-21-15-6-2-3-7-16(15)25-10-8-17(21)22/h2-3,6-7,14H,4-5,8-13H2,1H3/t14-/m0/s1. The highest BCUT2D eigenvalue weighted by Gasteiger charge is 2.27. The summed E-state index contributed by atoms with van der Waals surface area (Å²) in [5.41, 5.74) is 0.545. The van der Waals surface area contributed by atoms with Crippen molar-refractivity contribution in [3.05, 3.63) is 24.3 Å². The molecule has 2 aliphatic heterocycles. The van der Waals surface area contributed by atoms with Crippen molar-refractivity contribution in [3.63, 3.8) is 0 Å². The number of anilines is 1. The third kappa shape index (κ3) is 4.33. The van der Waals surface area contributed by atoms with Crippen LogP contribution in [0.5, 0.6) is 5.75 Å².